The van der Waals surface area contributed by atoms with Crippen LogP contribution >= 0.6 is 23.2 Å². The minimum atomic E-state index is -0.833. The number of hydrogen-bond donors (Lipinski definition) is 3. The summed E-state index contributed by atoms with van der Waals surface area (Å²) in [4.78, 5) is 27.6. The molecule has 3 N–H and O–H groups in total. The van der Waals surface area contributed by atoms with Crippen molar-refractivity contribution in [2.75, 3.05) is 30.4 Å². The number of carboxylic acids is 1. The molecule has 1 amide bonds. The molecule has 0 aliphatic carbocycles. The minimum absolute atomic E-state index is 0.0706. The Labute approximate surface area is 256 Å². The number of halogens is 3. The summed E-state index contributed by atoms with van der Waals surface area (Å²) in [5.41, 5.74) is 2.40. The van der Waals surface area contributed by atoms with Crippen LogP contribution in [0, 0.1) is 17.1 Å². The number of carbonyl (C=O) groups is 2. The Morgan fingerprint density at radius 1 is 1.26 bits per heavy atom. The van der Waals surface area contributed by atoms with E-state index in [9.17, 15) is 14.4 Å². The second kappa shape index (κ2) is 14.1. The molecule has 0 bridgehead atoms. The minimum Gasteiger partial charge on any atom is -0.481 e. The first-order valence-corrected chi connectivity index (χ1v) is 13.8. The first-order valence-electron chi connectivity index (χ1n) is 13.0. The number of nitrogens with zero attached hydrogens (tertiary/aromatic N) is 6. The van der Waals surface area contributed by atoms with Crippen LogP contribution in [0.1, 0.15) is 37.1 Å². The molecule has 0 radical (unpaired) electrons. The van der Waals surface area contributed by atoms with E-state index >= 15 is 0 Å². The number of fused-ring (bicyclic) bond motifs is 1. The van der Waals surface area contributed by atoms with Gasteiger partial charge in [-0.3, -0.25) is 14.7 Å². The summed E-state index contributed by atoms with van der Waals surface area (Å²) >= 11 is 12.6. The summed E-state index contributed by atoms with van der Waals surface area (Å²) < 4.78 is 20.6. The van der Waals surface area contributed by atoms with Gasteiger partial charge in [0.1, 0.15) is 17.6 Å². The van der Waals surface area contributed by atoms with E-state index < -0.39 is 17.9 Å². The maximum Gasteiger partial charge on any atom is 0.414 e. The SMILES string of the molecule is CC(=O)O.COC(=O)N(Cc1cn(C2CCNCC2)nn1)c1cc(Cl)c2ncc(C#N)c(Nc3ccc(F)c(Cl)c3)c2c1. The summed E-state index contributed by atoms with van der Waals surface area (Å²) in [7, 11) is 1.28. The fourth-order valence-electron chi connectivity index (χ4n) is 4.51. The van der Waals surface area contributed by atoms with E-state index in [4.69, 9.17) is 37.8 Å². The van der Waals surface area contributed by atoms with Crippen molar-refractivity contribution in [2.24, 2.45) is 0 Å². The lowest BCUT2D eigenvalue weighted by Crippen LogP contribution is -2.30. The first-order chi connectivity index (χ1) is 20.6. The Bertz CT molecular complexity index is 1680. The van der Waals surface area contributed by atoms with Crippen molar-refractivity contribution in [1.82, 2.24) is 25.3 Å². The molecular weight excluding hydrogens is 602 g/mol. The van der Waals surface area contributed by atoms with Crippen LogP contribution in [0.25, 0.3) is 10.9 Å². The summed E-state index contributed by atoms with van der Waals surface area (Å²) in [5.74, 6) is -1.40. The van der Waals surface area contributed by atoms with Gasteiger partial charge in [-0.15, -0.1) is 5.10 Å². The lowest BCUT2D eigenvalue weighted by molar-refractivity contribution is -0.134. The standard InChI is InChI=1S/C26H23Cl2FN8O2.C2H4O2/c1-39-26(38)36(13-17-14-37(35-34-17)18-4-6-31-7-5-18)19-9-20-24(33-16-2-3-23(29)21(27)8-16)15(11-30)12-32-25(20)22(28)10-19;1-2(3)4/h2-3,8-10,12,14,18,31H,4-7,13H2,1H3,(H,32,33);1H3,(H,3,4). The zero-order valence-corrected chi connectivity index (χ0v) is 24.7. The van der Waals surface area contributed by atoms with Gasteiger partial charge in [-0.05, 0) is 56.3 Å². The summed E-state index contributed by atoms with van der Waals surface area (Å²) in [6, 6.07) is 9.72. The number of nitrogens with one attached hydrogen (secondary N) is 2. The number of aromatic nitrogens is 4. The van der Waals surface area contributed by atoms with Gasteiger partial charge in [-0.2, -0.15) is 5.26 Å². The normalized spacial score (nSPS) is 13.0. The number of methoxy groups -OCH3 is 1. The predicted octanol–water partition coefficient (Wildman–Crippen LogP) is 5.68. The number of pyridine rings is 1. The van der Waals surface area contributed by atoms with Gasteiger partial charge in [0.2, 0.25) is 0 Å². The van der Waals surface area contributed by atoms with Gasteiger partial charge in [-0.1, -0.05) is 28.4 Å². The molecule has 2 aromatic carbocycles. The molecule has 15 heteroatoms. The fourth-order valence-corrected chi connectivity index (χ4v) is 4.95. The van der Waals surface area contributed by atoms with Crippen molar-refractivity contribution in [1.29, 1.82) is 5.26 Å². The van der Waals surface area contributed by atoms with Crippen LogP contribution in [0.3, 0.4) is 0 Å². The molecule has 3 heterocycles. The van der Waals surface area contributed by atoms with E-state index in [0.717, 1.165) is 32.9 Å². The van der Waals surface area contributed by atoms with E-state index in [0.29, 0.717) is 33.7 Å². The molecule has 12 nitrogen and oxygen atoms in total. The van der Waals surface area contributed by atoms with Gasteiger partial charge >= 0.3 is 6.09 Å². The smallest absolute Gasteiger partial charge is 0.414 e. The van der Waals surface area contributed by atoms with Crippen LogP contribution in [-0.4, -0.2) is 57.3 Å². The zero-order valence-electron chi connectivity index (χ0n) is 23.1. The van der Waals surface area contributed by atoms with Crippen LogP contribution in [-0.2, 0) is 16.1 Å². The Morgan fingerprint density at radius 3 is 2.63 bits per heavy atom. The Hall–Kier alpha value is -4.51. The van der Waals surface area contributed by atoms with Crippen molar-refractivity contribution >= 4 is 63.2 Å². The highest BCUT2D eigenvalue weighted by molar-refractivity contribution is 6.36. The molecule has 2 aromatic heterocycles. The molecule has 43 heavy (non-hydrogen) atoms. The number of amides is 1. The summed E-state index contributed by atoms with van der Waals surface area (Å²) in [6.07, 6.45) is 4.46. The average molecular weight is 629 g/mol. The van der Waals surface area contributed by atoms with E-state index in [2.05, 4.69) is 32.0 Å². The van der Waals surface area contributed by atoms with Crippen LogP contribution in [0.5, 0.6) is 0 Å². The molecule has 0 spiro atoms. The number of nitriles is 1. The lowest BCUT2D eigenvalue weighted by Gasteiger charge is -2.23. The number of hydrogen-bond acceptors (Lipinski definition) is 9. The number of carboxylic acid groups (broad SMARTS) is 1. The second-order valence-electron chi connectivity index (χ2n) is 9.48. The highest BCUT2D eigenvalue weighted by Gasteiger charge is 2.23. The third kappa shape index (κ3) is 7.66. The second-order valence-corrected chi connectivity index (χ2v) is 10.3. The third-order valence-electron chi connectivity index (χ3n) is 6.49. The number of ether oxygens (including phenoxy) is 1. The molecule has 4 aromatic rings. The molecule has 0 unspecified atom stereocenters. The van der Waals surface area contributed by atoms with Crippen LogP contribution in [0.2, 0.25) is 10.0 Å². The third-order valence-corrected chi connectivity index (χ3v) is 7.06. The molecule has 1 aliphatic heterocycles. The Kier molecular flexibility index (Phi) is 10.3. The van der Waals surface area contributed by atoms with Gasteiger partial charge < -0.3 is 20.5 Å². The summed E-state index contributed by atoms with van der Waals surface area (Å²) in [5, 5.41) is 32.8. The molecule has 1 saturated heterocycles. The Morgan fingerprint density at radius 2 is 1.98 bits per heavy atom. The lowest BCUT2D eigenvalue weighted by atomic mass is 10.1. The van der Waals surface area contributed by atoms with Gasteiger partial charge in [0.15, 0.2) is 0 Å². The van der Waals surface area contributed by atoms with E-state index in [1.165, 1.54) is 36.4 Å². The van der Waals surface area contributed by atoms with Crippen molar-refractivity contribution in [3.63, 3.8) is 0 Å². The maximum atomic E-state index is 13.7. The van der Waals surface area contributed by atoms with E-state index in [-0.39, 0.29) is 28.2 Å². The molecule has 224 valence electrons. The fraction of sp³-hybridized carbons (Fsp3) is 0.286. The van der Waals surface area contributed by atoms with Crippen molar-refractivity contribution in [3.05, 3.63) is 69.8 Å². The van der Waals surface area contributed by atoms with Gasteiger partial charge in [0.05, 0.1) is 52.7 Å². The molecule has 1 aliphatic rings. The highest BCUT2D eigenvalue weighted by atomic mass is 35.5. The van der Waals surface area contributed by atoms with Crippen molar-refractivity contribution in [3.8, 4) is 6.07 Å². The number of rotatable bonds is 6. The molecular formula is C28H27Cl2FN8O4. The van der Waals surface area contributed by atoms with Crippen molar-refractivity contribution in [2.45, 2.75) is 32.4 Å². The van der Waals surface area contributed by atoms with Crippen molar-refractivity contribution < 1.29 is 23.8 Å². The maximum absolute atomic E-state index is 13.7. The van der Waals surface area contributed by atoms with Gasteiger partial charge in [0.25, 0.3) is 5.97 Å². The monoisotopic (exact) mass is 628 g/mol. The number of aliphatic carboxylic acids is 1. The summed E-state index contributed by atoms with van der Waals surface area (Å²) in [6.45, 7) is 2.97. The predicted molar refractivity (Wildman–Crippen MR) is 159 cm³/mol. The molecule has 5 rings (SSSR count). The zero-order chi connectivity index (χ0) is 31.1. The highest BCUT2D eigenvalue weighted by Crippen LogP contribution is 2.37. The average Bonchev–Trinajstić information content (AvgIpc) is 3.46. The van der Waals surface area contributed by atoms with Gasteiger partial charge in [-0.25, -0.2) is 13.9 Å². The van der Waals surface area contributed by atoms with E-state index in [1.54, 1.807) is 12.1 Å². The first kappa shape index (κ1) is 31.4. The quantitative estimate of drug-likeness (QED) is 0.242. The largest absolute Gasteiger partial charge is 0.481 e. The van der Waals surface area contributed by atoms with Crippen LogP contribution in [0.4, 0.5) is 26.2 Å². The van der Waals surface area contributed by atoms with Crippen LogP contribution < -0.4 is 15.5 Å². The van der Waals surface area contributed by atoms with Gasteiger partial charge in [0, 0.05) is 29.9 Å². The number of carbonyl (C=O) groups excluding carboxylic acids is 1. The molecule has 0 atom stereocenters. The topological polar surface area (TPSA) is 158 Å². The molecule has 1 fully saturated rings. The number of piperidine rings is 1. The number of anilines is 3. The molecule has 0 saturated carbocycles. The Balaban J connectivity index is 0.000000996. The van der Waals surface area contributed by atoms with E-state index in [1.807, 2.05) is 10.9 Å². The number of benzene rings is 2. The van der Waals surface area contributed by atoms with Crippen LogP contribution in [0.15, 0.2) is 42.7 Å².